The highest BCUT2D eigenvalue weighted by Crippen LogP contribution is 2.25. The third-order valence-electron chi connectivity index (χ3n) is 4.01. The van der Waals surface area contributed by atoms with Gasteiger partial charge < -0.3 is 14.5 Å². The molecule has 6 nitrogen and oxygen atoms in total. The zero-order valence-electron chi connectivity index (χ0n) is 12.6. The molecule has 0 aromatic carbocycles. The van der Waals surface area contributed by atoms with Crippen LogP contribution >= 0.6 is 0 Å². The maximum absolute atomic E-state index is 12.3. The monoisotopic (exact) mass is 294 g/mol. The molecule has 1 aromatic rings. The Morgan fingerprint density at radius 2 is 2.14 bits per heavy atom. The summed E-state index contributed by atoms with van der Waals surface area (Å²) in [5, 5.41) is 2.94. The number of nitrogens with zero attached hydrogens (tertiary/aromatic N) is 1. The topological polar surface area (TPSA) is 81.4 Å². The van der Waals surface area contributed by atoms with Crippen LogP contribution in [0.4, 0.5) is 0 Å². The minimum atomic E-state index is -0.279. The number of carbonyl (C=O) groups is 2. The molecule has 116 valence electrons. The maximum Gasteiger partial charge on any atom is 0.310 e. The highest BCUT2D eigenvalue weighted by atomic mass is 16.5. The largest absolute Gasteiger partial charge is 0.469 e. The number of rotatable bonds is 4. The van der Waals surface area contributed by atoms with Crippen molar-refractivity contribution >= 4 is 11.9 Å². The molecule has 1 aliphatic carbocycles. The van der Waals surface area contributed by atoms with Crippen LogP contribution in [0.15, 0.2) is 10.8 Å². The average Bonchev–Trinajstić information content (AvgIpc) is 2.86. The van der Waals surface area contributed by atoms with Gasteiger partial charge in [0.05, 0.1) is 13.0 Å². The number of nitrogens with one attached hydrogen (secondary N) is 1. The molecular weight excluding hydrogens is 272 g/mol. The van der Waals surface area contributed by atoms with Gasteiger partial charge in [-0.25, -0.2) is 4.98 Å². The van der Waals surface area contributed by atoms with Gasteiger partial charge in [-0.05, 0) is 12.8 Å². The Balaban J connectivity index is 2.10. The third kappa shape index (κ3) is 3.62. The van der Waals surface area contributed by atoms with Gasteiger partial charge in [0.1, 0.15) is 5.76 Å². The van der Waals surface area contributed by atoms with E-state index in [1.165, 1.54) is 13.5 Å². The van der Waals surface area contributed by atoms with Crippen molar-refractivity contribution in [1.29, 1.82) is 0 Å². The summed E-state index contributed by atoms with van der Waals surface area (Å²) in [6.45, 7) is 1.90. The summed E-state index contributed by atoms with van der Waals surface area (Å²) in [5.41, 5.74) is 0.311. The number of hydrogen-bond donors (Lipinski definition) is 1. The summed E-state index contributed by atoms with van der Waals surface area (Å²) in [6, 6.07) is -0.200. The van der Waals surface area contributed by atoms with Crippen molar-refractivity contribution in [1.82, 2.24) is 10.3 Å². The van der Waals surface area contributed by atoms with Crippen molar-refractivity contribution in [2.75, 3.05) is 7.11 Å². The molecule has 0 spiro atoms. The standard InChI is InChI=1S/C15H22N2O4/c1-3-12-13(16-9-21-12)14(18)17-11-8-6-4-5-7-10(11)15(19)20-2/h9-11H,3-8H2,1-2H3,(H,17,18)/t10-,11+/m1/s1. The molecule has 1 heterocycles. The smallest absolute Gasteiger partial charge is 0.310 e. The van der Waals surface area contributed by atoms with E-state index in [0.717, 1.165) is 32.1 Å². The highest BCUT2D eigenvalue weighted by molar-refractivity contribution is 5.93. The average molecular weight is 294 g/mol. The lowest BCUT2D eigenvalue weighted by molar-refractivity contribution is -0.146. The first-order valence-electron chi connectivity index (χ1n) is 7.48. The van der Waals surface area contributed by atoms with Gasteiger partial charge in [0.2, 0.25) is 0 Å². The van der Waals surface area contributed by atoms with Gasteiger partial charge in [0.25, 0.3) is 5.91 Å². The van der Waals surface area contributed by atoms with Crippen LogP contribution in [0.25, 0.3) is 0 Å². The molecule has 0 bridgehead atoms. The molecule has 21 heavy (non-hydrogen) atoms. The number of ether oxygens (including phenoxy) is 1. The lowest BCUT2D eigenvalue weighted by atomic mass is 9.94. The molecule has 0 radical (unpaired) electrons. The van der Waals surface area contributed by atoms with Crippen LogP contribution in [0, 0.1) is 5.92 Å². The lowest BCUT2D eigenvalue weighted by Gasteiger charge is -2.23. The van der Waals surface area contributed by atoms with Crippen molar-refractivity contribution in [3.8, 4) is 0 Å². The number of methoxy groups -OCH3 is 1. The predicted octanol–water partition coefficient (Wildman–Crippen LogP) is 2.09. The van der Waals surface area contributed by atoms with E-state index in [2.05, 4.69) is 10.3 Å². The van der Waals surface area contributed by atoms with Gasteiger partial charge in [-0.15, -0.1) is 0 Å². The molecule has 2 rings (SSSR count). The molecule has 1 fully saturated rings. The SMILES string of the molecule is CCc1ocnc1C(=O)N[C@H]1CCCCC[C@H]1C(=O)OC. The van der Waals surface area contributed by atoms with E-state index in [0.29, 0.717) is 17.9 Å². The van der Waals surface area contributed by atoms with Crippen LogP contribution in [-0.4, -0.2) is 30.0 Å². The molecule has 0 aliphatic heterocycles. The van der Waals surface area contributed by atoms with Gasteiger partial charge in [-0.3, -0.25) is 9.59 Å². The maximum atomic E-state index is 12.3. The number of aromatic nitrogens is 1. The second-order valence-corrected chi connectivity index (χ2v) is 5.33. The first-order chi connectivity index (χ1) is 10.2. The molecular formula is C15H22N2O4. The molecule has 1 aliphatic rings. The summed E-state index contributed by atoms with van der Waals surface area (Å²) >= 11 is 0. The van der Waals surface area contributed by atoms with Gasteiger partial charge in [-0.2, -0.15) is 0 Å². The molecule has 2 atom stereocenters. The van der Waals surface area contributed by atoms with Gasteiger partial charge in [0, 0.05) is 12.5 Å². The van der Waals surface area contributed by atoms with E-state index in [4.69, 9.17) is 9.15 Å². The van der Waals surface area contributed by atoms with Gasteiger partial charge in [0.15, 0.2) is 12.1 Å². The summed E-state index contributed by atoms with van der Waals surface area (Å²) in [7, 11) is 1.39. The second-order valence-electron chi connectivity index (χ2n) is 5.33. The van der Waals surface area contributed by atoms with Gasteiger partial charge >= 0.3 is 5.97 Å². The number of oxazole rings is 1. The van der Waals surface area contributed by atoms with E-state index in [1.807, 2.05) is 6.92 Å². The van der Waals surface area contributed by atoms with Crippen molar-refractivity contribution in [2.45, 2.75) is 51.5 Å². The van der Waals surface area contributed by atoms with Crippen molar-refractivity contribution in [2.24, 2.45) is 5.92 Å². The van der Waals surface area contributed by atoms with E-state index in [1.54, 1.807) is 0 Å². The molecule has 1 N–H and O–H groups in total. The molecule has 0 saturated heterocycles. The Kier molecular flexibility index (Phi) is 5.36. The molecule has 6 heteroatoms. The summed E-state index contributed by atoms with van der Waals surface area (Å²) < 4.78 is 10.0. The van der Waals surface area contributed by atoms with Crippen LogP contribution in [0.1, 0.15) is 55.3 Å². The molecule has 1 saturated carbocycles. The summed E-state index contributed by atoms with van der Waals surface area (Å²) in [6.07, 6.45) is 6.46. The summed E-state index contributed by atoms with van der Waals surface area (Å²) in [4.78, 5) is 28.2. The van der Waals surface area contributed by atoms with E-state index < -0.39 is 0 Å². The number of esters is 1. The zero-order valence-corrected chi connectivity index (χ0v) is 12.6. The predicted molar refractivity (Wildman–Crippen MR) is 75.7 cm³/mol. The fraction of sp³-hybridized carbons (Fsp3) is 0.667. The van der Waals surface area contributed by atoms with Crippen molar-refractivity contribution in [3.63, 3.8) is 0 Å². The second kappa shape index (κ2) is 7.24. The zero-order chi connectivity index (χ0) is 15.2. The van der Waals surface area contributed by atoms with Crippen LogP contribution in [0.3, 0.4) is 0 Å². The highest BCUT2D eigenvalue weighted by Gasteiger charge is 2.32. The number of amides is 1. The molecule has 0 unspecified atom stereocenters. The quantitative estimate of drug-likeness (QED) is 0.679. The first kappa shape index (κ1) is 15.5. The Morgan fingerprint density at radius 1 is 1.38 bits per heavy atom. The van der Waals surface area contributed by atoms with Crippen LogP contribution in [-0.2, 0) is 16.0 Å². The minimum Gasteiger partial charge on any atom is -0.469 e. The fourth-order valence-electron chi connectivity index (χ4n) is 2.86. The number of carbonyl (C=O) groups excluding carboxylic acids is 2. The fourth-order valence-corrected chi connectivity index (χ4v) is 2.86. The van der Waals surface area contributed by atoms with Crippen molar-refractivity contribution < 1.29 is 18.7 Å². The van der Waals surface area contributed by atoms with Crippen LogP contribution < -0.4 is 5.32 Å². The van der Waals surface area contributed by atoms with Crippen LogP contribution in [0.2, 0.25) is 0 Å². The Morgan fingerprint density at radius 3 is 2.86 bits per heavy atom. The Labute approximate surface area is 124 Å². The molecule has 1 aromatic heterocycles. The normalized spacial score (nSPS) is 22.4. The first-order valence-corrected chi connectivity index (χ1v) is 7.48. The molecule has 1 amide bonds. The van der Waals surface area contributed by atoms with Crippen molar-refractivity contribution in [3.05, 3.63) is 17.8 Å². The number of hydrogen-bond acceptors (Lipinski definition) is 5. The lowest BCUT2D eigenvalue weighted by Crippen LogP contribution is -2.43. The van der Waals surface area contributed by atoms with E-state index in [-0.39, 0.29) is 23.8 Å². The Bertz CT molecular complexity index is 498. The van der Waals surface area contributed by atoms with E-state index >= 15 is 0 Å². The number of aryl methyl sites for hydroxylation is 1. The minimum absolute atomic E-state index is 0.200. The Hall–Kier alpha value is -1.85. The van der Waals surface area contributed by atoms with Gasteiger partial charge in [-0.1, -0.05) is 26.2 Å². The third-order valence-corrected chi connectivity index (χ3v) is 4.01. The van der Waals surface area contributed by atoms with Crippen LogP contribution in [0.5, 0.6) is 0 Å². The van der Waals surface area contributed by atoms with E-state index in [9.17, 15) is 9.59 Å². The summed E-state index contributed by atoms with van der Waals surface area (Å²) in [5.74, 6) is -0.242.